The molecule has 7 nitrogen and oxygen atoms in total. The summed E-state index contributed by atoms with van der Waals surface area (Å²) in [5, 5.41) is 5.48. The first-order chi connectivity index (χ1) is 8.13. The average Bonchev–Trinajstić information content (AvgIpc) is 2.30. The van der Waals surface area contributed by atoms with Gasteiger partial charge in [0, 0.05) is 19.5 Å². The van der Waals surface area contributed by atoms with Crippen LogP contribution in [0.25, 0.3) is 0 Å². The number of anilines is 1. The first-order valence-electron chi connectivity index (χ1n) is 5.26. The van der Waals surface area contributed by atoms with E-state index in [1.165, 1.54) is 12.4 Å². The molecule has 0 unspecified atom stereocenters. The molecule has 4 N–H and O–H groups in total. The van der Waals surface area contributed by atoms with Gasteiger partial charge in [-0.3, -0.25) is 9.59 Å². The Morgan fingerprint density at radius 1 is 1.35 bits per heavy atom. The molecule has 1 rings (SSSR count). The molecular weight excluding hydrogens is 222 g/mol. The fourth-order valence-electron chi connectivity index (χ4n) is 1.11. The zero-order valence-electron chi connectivity index (χ0n) is 9.56. The summed E-state index contributed by atoms with van der Waals surface area (Å²) in [6.45, 7) is 2.87. The number of amides is 2. The maximum absolute atomic E-state index is 11.5. The van der Waals surface area contributed by atoms with Gasteiger partial charge in [0.25, 0.3) is 5.91 Å². The second-order valence-corrected chi connectivity index (χ2v) is 3.29. The lowest BCUT2D eigenvalue weighted by atomic mass is 10.3. The zero-order valence-corrected chi connectivity index (χ0v) is 9.56. The minimum absolute atomic E-state index is 0.106. The van der Waals surface area contributed by atoms with Crippen molar-refractivity contribution in [1.29, 1.82) is 0 Å². The van der Waals surface area contributed by atoms with Crippen molar-refractivity contribution >= 4 is 17.6 Å². The molecule has 0 aromatic carbocycles. The minimum Gasteiger partial charge on any atom is -0.370 e. The van der Waals surface area contributed by atoms with E-state index in [4.69, 9.17) is 5.73 Å². The zero-order chi connectivity index (χ0) is 12.7. The number of rotatable bonds is 6. The Hall–Kier alpha value is -2.18. The number of nitrogens with two attached hydrogens (primary N) is 1. The van der Waals surface area contributed by atoms with Crippen molar-refractivity contribution in [2.45, 2.75) is 13.3 Å². The topological polar surface area (TPSA) is 110 Å². The summed E-state index contributed by atoms with van der Waals surface area (Å²) in [6, 6.07) is 0. The van der Waals surface area contributed by atoms with Crippen molar-refractivity contribution in [2.24, 2.45) is 5.73 Å². The van der Waals surface area contributed by atoms with Crippen molar-refractivity contribution < 1.29 is 9.59 Å². The predicted molar refractivity (Wildman–Crippen MR) is 62.3 cm³/mol. The molecule has 1 aromatic heterocycles. The van der Waals surface area contributed by atoms with Crippen LogP contribution in [0.2, 0.25) is 0 Å². The maximum atomic E-state index is 11.5. The fraction of sp³-hybridized carbons (Fsp3) is 0.400. The van der Waals surface area contributed by atoms with Crippen LogP contribution in [0.1, 0.15) is 23.8 Å². The van der Waals surface area contributed by atoms with Crippen LogP contribution in [0.5, 0.6) is 0 Å². The fourth-order valence-corrected chi connectivity index (χ4v) is 1.11. The van der Waals surface area contributed by atoms with Crippen molar-refractivity contribution in [3.8, 4) is 0 Å². The molecule has 0 aliphatic rings. The van der Waals surface area contributed by atoms with Gasteiger partial charge in [-0.25, -0.2) is 9.97 Å². The molecule has 0 atom stereocenters. The monoisotopic (exact) mass is 237 g/mol. The number of carbonyl (C=O) groups is 2. The molecule has 0 aliphatic carbocycles. The molecule has 0 aliphatic heterocycles. The standard InChI is InChI=1S/C10H15N5O2/c1-2-12-9-6-14-7(5-15-9)10(17)13-4-3-8(11)16/h5-6H,2-4H2,1H3,(H2,11,16)(H,12,15)(H,13,17). The minimum atomic E-state index is -0.459. The lowest BCUT2D eigenvalue weighted by molar-refractivity contribution is -0.117. The van der Waals surface area contributed by atoms with E-state index in [1.807, 2.05) is 6.92 Å². The Labute approximate surface area is 98.8 Å². The molecular formula is C10H15N5O2. The van der Waals surface area contributed by atoms with Crippen LogP contribution < -0.4 is 16.4 Å². The van der Waals surface area contributed by atoms with Crippen molar-refractivity contribution in [1.82, 2.24) is 15.3 Å². The maximum Gasteiger partial charge on any atom is 0.271 e. The second-order valence-electron chi connectivity index (χ2n) is 3.29. The predicted octanol–water partition coefficient (Wildman–Crippen LogP) is -0.486. The molecule has 1 heterocycles. The van der Waals surface area contributed by atoms with Gasteiger partial charge >= 0.3 is 0 Å². The van der Waals surface area contributed by atoms with Gasteiger partial charge in [0.15, 0.2) is 0 Å². The van der Waals surface area contributed by atoms with Crippen molar-refractivity contribution in [3.63, 3.8) is 0 Å². The summed E-state index contributed by atoms with van der Waals surface area (Å²) >= 11 is 0. The lowest BCUT2D eigenvalue weighted by Crippen LogP contribution is -2.28. The summed E-state index contributed by atoms with van der Waals surface area (Å²) in [7, 11) is 0. The van der Waals surface area contributed by atoms with Gasteiger partial charge in [-0.15, -0.1) is 0 Å². The van der Waals surface area contributed by atoms with Crippen LogP contribution in [0, 0.1) is 0 Å². The van der Waals surface area contributed by atoms with E-state index < -0.39 is 5.91 Å². The van der Waals surface area contributed by atoms with E-state index in [2.05, 4.69) is 20.6 Å². The van der Waals surface area contributed by atoms with E-state index in [9.17, 15) is 9.59 Å². The van der Waals surface area contributed by atoms with Gasteiger partial charge in [0.1, 0.15) is 11.5 Å². The molecule has 17 heavy (non-hydrogen) atoms. The van der Waals surface area contributed by atoms with Crippen molar-refractivity contribution in [2.75, 3.05) is 18.4 Å². The molecule has 0 spiro atoms. The van der Waals surface area contributed by atoms with E-state index in [-0.39, 0.29) is 24.6 Å². The molecule has 0 bridgehead atoms. The van der Waals surface area contributed by atoms with Gasteiger partial charge in [0.2, 0.25) is 5.91 Å². The first-order valence-corrected chi connectivity index (χ1v) is 5.26. The van der Waals surface area contributed by atoms with Gasteiger partial charge in [-0.1, -0.05) is 0 Å². The van der Waals surface area contributed by atoms with Crippen molar-refractivity contribution in [3.05, 3.63) is 18.1 Å². The van der Waals surface area contributed by atoms with E-state index in [0.717, 1.165) is 6.54 Å². The Kier molecular flexibility index (Phi) is 4.86. The highest BCUT2D eigenvalue weighted by molar-refractivity contribution is 5.92. The summed E-state index contributed by atoms with van der Waals surface area (Å²) in [6.07, 6.45) is 2.96. The van der Waals surface area contributed by atoms with Gasteiger partial charge in [-0.05, 0) is 6.92 Å². The van der Waals surface area contributed by atoms with Gasteiger partial charge < -0.3 is 16.4 Å². The van der Waals surface area contributed by atoms with E-state index in [1.54, 1.807) is 0 Å². The first kappa shape index (κ1) is 12.9. The molecule has 0 radical (unpaired) electrons. The van der Waals surface area contributed by atoms with Crippen LogP contribution in [0.3, 0.4) is 0 Å². The number of hydrogen-bond donors (Lipinski definition) is 3. The van der Waals surface area contributed by atoms with Crippen LogP contribution in [-0.4, -0.2) is 34.9 Å². The van der Waals surface area contributed by atoms with Gasteiger partial charge in [0.05, 0.1) is 12.4 Å². The summed E-state index contributed by atoms with van der Waals surface area (Å²) in [4.78, 5) is 29.9. The molecule has 92 valence electrons. The molecule has 0 saturated carbocycles. The molecule has 2 amide bonds. The third kappa shape index (κ3) is 4.45. The Morgan fingerprint density at radius 3 is 2.65 bits per heavy atom. The summed E-state index contributed by atoms with van der Waals surface area (Å²) in [5.74, 6) is -0.220. The SMILES string of the molecule is CCNc1cnc(C(=O)NCCC(N)=O)cn1. The Balaban J connectivity index is 2.48. The lowest BCUT2D eigenvalue weighted by Gasteiger charge is -2.04. The van der Waals surface area contributed by atoms with Gasteiger partial charge in [-0.2, -0.15) is 0 Å². The number of nitrogens with one attached hydrogen (secondary N) is 2. The normalized spacial score (nSPS) is 9.71. The third-order valence-corrected chi connectivity index (χ3v) is 1.90. The Morgan fingerprint density at radius 2 is 2.12 bits per heavy atom. The van der Waals surface area contributed by atoms with Crippen LogP contribution >= 0.6 is 0 Å². The van der Waals surface area contributed by atoms with Crippen LogP contribution in [0.4, 0.5) is 5.82 Å². The molecule has 1 aromatic rings. The second kappa shape index (κ2) is 6.41. The number of aromatic nitrogens is 2. The smallest absolute Gasteiger partial charge is 0.271 e. The number of carbonyl (C=O) groups excluding carboxylic acids is 2. The number of primary amides is 1. The van der Waals surface area contributed by atoms with Crippen LogP contribution in [-0.2, 0) is 4.79 Å². The summed E-state index contributed by atoms with van der Waals surface area (Å²) < 4.78 is 0. The Bertz CT molecular complexity index is 390. The highest BCUT2D eigenvalue weighted by Gasteiger charge is 2.07. The van der Waals surface area contributed by atoms with E-state index >= 15 is 0 Å². The number of hydrogen-bond acceptors (Lipinski definition) is 5. The molecule has 0 saturated heterocycles. The highest BCUT2D eigenvalue weighted by atomic mass is 16.2. The number of nitrogens with zero attached hydrogens (tertiary/aromatic N) is 2. The highest BCUT2D eigenvalue weighted by Crippen LogP contribution is 2.00. The molecule has 0 fully saturated rings. The van der Waals surface area contributed by atoms with Crippen LogP contribution in [0.15, 0.2) is 12.4 Å². The summed E-state index contributed by atoms with van der Waals surface area (Å²) in [5.41, 5.74) is 5.15. The third-order valence-electron chi connectivity index (χ3n) is 1.90. The van der Waals surface area contributed by atoms with E-state index in [0.29, 0.717) is 5.82 Å². The quantitative estimate of drug-likeness (QED) is 0.618. The molecule has 7 heteroatoms. The largest absolute Gasteiger partial charge is 0.370 e. The average molecular weight is 237 g/mol.